The number of Topliss-reactive ketones (excluding diaryl/α,β-unsaturated/α-hetero) is 1. The van der Waals surface area contributed by atoms with Gasteiger partial charge in [-0.3, -0.25) is 9.59 Å². The first-order valence-corrected chi connectivity index (χ1v) is 10.1. The molecule has 0 aromatic rings. The number of hydrogen-bond acceptors (Lipinski definition) is 4. The fourth-order valence-electron chi connectivity index (χ4n) is 3.72. The van der Waals surface area contributed by atoms with Crippen LogP contribution in [0.4, 0.5) is 0 Å². The van der Waals surface area contributed by atoms with Crippen molar-refractivity contribution in [2.24, 2.45) is 11.8 Å². The number of carbonyl (C=O) groups excluding carboxylic acids is 1. The van der Waals surface area contributed by atoms with Gasteiger partial charge in [0, 0.05) is 24.7 Å². The Morgan fingerprint density at radius 3 is 2.54 bits per heavy atom. The summed E-state index contributed by atoms with van der Waals surface area (Å²) in [6.07, 6.45) is 11.1. The zero-order valence-electron chi connectivity index (χ0n) is 16.3. The van der Waals surface area contributed by atoms with E-state index in [-0.39, 0.29) is 30.5 Å². The number of aliphatic hydroxyl groups excluding tert-OH is 1. The molecule has 26 heavy (non-hydrogen) atoms. The van der Waals surface area contributed by atoms with E-state index in [1.807, 2.05) is 6.08 Å². The maximum atomic E-state index is 12.2. The predicted octanol–water partition coefficient (Wildman–Crippen LogP) is 3.87. The Morgan fingerprint density at radius 2 is 1.88 bits per heavy atom. The highest BCUT2D eigenvalue weighted by atomic mass is 16.4. The molecule has 3 N–H and O–H groups in total. The van der Waals surface area contributed by atoms with Crippen LogP contribution in [0.5, 0.6) is 0 Å². The standard InChI is InChI=1S/C21H36O5/c1-3-4-9-13-21(2,26)14-12-17-16(18(22)15-19(17)23)10-7-5-6-8-11-20(24)25/h12,14,16-17,19,23,26H,3-11,13,15H2,1-2H3,(H,24,25)/b14-12+/t16-,17-,19-,21?/m1/s1. The minimum atomic E-state index is -0.901. The Bertz CT molecular complexity index is 469. The van der Waals surface area contributed by atoms with Crippen molar-refractivity contribution in [1.82, 2.24) is 0 Å². The van der Waals surface area contributed by atoms with Crippen molar-refractivity contribution < 1.29 is 24.9 Å². The molecule has 0 bridgehead atoms. The van der Waals surface area contributed by atoms with E-state index < -0.39 is 17.7 Å². The second-order valence-electron chi connectivity index (χ2n) is 7.94. The lowest BCUT2D eigenvalue weighted by molar-refractivity contribution is -0.137. The number of aliphatic hydroxyl groups is 2. The van der Waals surface area contributed by atoms with Crippen LogP contribution in [0.15, 0.2) is 12.2 Å². The molecule has 0 radical (unpaired) electrons. The number of rotatable bonds is 13. The van der Waals surface area contributed by atoms with Crippen LogP contribution >= 0.6 is 0 Å². The van der Waals surface area contributed by atoms with E-state index in [0.29, 0.717) is 12.8 Å². The van der Waals surface area contributed by atoms with Crippen LogP contribution in [0.2, 0.25) is 0 Å². The van der Waals surface area contributed by atoms with Gasteiger partial charge in [-0.1, -0.05) is 57.6 Å². The van der Waals surface area contributed by atoms with Crippen molar-refractivity contribution >= 4 is 11.8 Å². The summed E-state index contributed by atoms with van der Waals surface area (Å²) in [5.74, 6) is -1.08. The molecule has 150 valence electrons. The van der Waals surface area contributed by atoms with E-state index in [9.17, 15) is 19.8 Å². The summed E-state index contributed by atoms with van der Waals surface area (Å²) >= 11 is 0. The lowest BCUT2D eigenvalue weighted by atomic mass is 9.87. The first kappa shape index (κ1) is 22.8. The minimum absolute atomic E-state index is 0.100. The number of unbranched alkanes of at least 4 members (excludes halogenated alkanes) is 5. The molecule has 0 aromatic heterocycles. The van der Waals surface area contributed by atoms with Crippen LogP contribution < -0.4 is 0 Å². The third kappa shape index (κ3) is 8.45. The molecule has 5 nitrogen and oxygen atoms in total. The second-order valence-corrected chi connectivity index (χ2v) is 7.94. The van der Waals surface area contributed by atoms with E-state index >= 15 is 0 Å². The molecule has 0 saturated heterocycles. The Balaban J connectivity index is 2.49. The normalized spacial score (nSPS) is 25.7. The summed E-state index contributed by atoms with van der Waals surface area (Å²) in [6.45, 7) is 3.90. The van der Waals surface area contributed by atoms with Gasteiger partial charge >= 0.3 is 5.97 Å². The molecule has 0 heterocycles. The molecule has 1 rings (SSSR count). The van der Waals surface area contributed by atoms with Crippen molar-refractivity contribution in [3.8, 4) is 0 Å². The number of carbonyl (C=O) groups is 2. The summed E-state index contributed by atoms with van der Waals surface area (Å²) in [4.78, 5) is 22.7. The highest BCUT2D eigenvalue weighted by Crippen LogP contribution is 2.35. The fourth-order valence-corrected chi connectivity index (χ4v) is 3.72. The van der Waals surface area contributed by atoms with E-state index in [2.05, 4.69) is 6.92 Å². The molecule has 4 atom stereocenters. The zero-order valence-corrected chi connectivity index (χ0v) is 16.3. The Hall–Kier alpha value is -1.20. The van der Waals surface area contributed by atoms with Gasteiger partial charge in [-0.05, 0) is 26.2 Å². The van der Waals surface area contributed by atoms with Crippen molar-refractivity contribution in [3.63, 3.8) is 0 Å². The molecule has 0 spiro atoms. The summed E-state index contributed by atoms with van der Waals surface area (Å²) in [6, 6.07) is 0. The van der Waals surface area contributed by atoms with Crippen molar-refractivity contribution in [2.75, 3.05) is 0 Å². The van der Waals surface area contributed by atoms with Crippen molar-refractivity contribution in [3.05, 3.63) is 12.2 Å². The third-order valence-corrected chi connectivity index (χ3v) is 5.35. The largest absolute Gasteiger partial charge is 0.481 e. The van der Waals surface area contributed by atoms with E-state index in [1.165, 1.54) is 0 Å². The average molecular weight is 369 g/mol. The van der Waals surface area contributed by atoms with Crippen molar-refractivity contribution in [1.29, 1.82) is 0 Å². The van der Waals surface area contributed by atoms with Gasteiger partial charge in [0.05, 0.1) is 11.7 Å². The van der Waals surface area contributed by atoms with Crippen LogP contribution in [0.3, 0.4) is 0 Å². The van der Waals surface area contributed by atoms with Gasteiger partial charge < -0.3 is 15.3 Å². The molecule has 1 unspecified atom stereocenters. The topological polar surface area (TPSA) is 94.8 Å². The number of ketones is 1. The Morgan fingerprint density at radius 1 is 1.19 bits per heavy atom. The van der Waals surface area contributed by atoms with E-state index in [0.717, 1.165) is 44.9 Å². The number of carboxylic acids is 1. The third-order valence-electron chi connectivity index (χ3n) is 5.35. The van der Waals surface area contributed by atoms with Crippen LogP contribution in [-0.2, 0) is 9.59 Å². The van der Waals surface area contributed by atoms with Gasteiger partial charge in [0.15, 0.2) is 0 Å². The molecule has 1 fully saturated rings. The summed E-state index contributed by atoms with van der Waals surface area (Å²) < 4.78 is 0. The molecule has 0 aromatic carbocycles. The molecule has 1 saturated carbocycles. The van der Waals surface area contributed by atoms with Gasteiger partial charge in [0.25, 0.3) is 0 Å². The number of hydrogen-bond donors (Lipinski definition) is 3. The quantitative estimate of drug-likeness (QED) is 0.339. The van der Waals surface area contributed by atoms with Gasteiger partial charge in [-0.15, -0.1) is 0 Å². The average Bonchev–Trinajstić information content (AvgIpc) is 2.82. The second kappa shape index (κ2) is 11.5. The Labute approximate surface area is 157 Å². The maximum Gasteiger partial charge on any atom is 0.303 e. The molecular weight excluding hydrogens is 332 g/mol. The lowest BCUT2D eigenvalue weighted by Gasteiger charge is -2.22. The summed E-state index contributed by atoms with van der Waals surface area (Å²) in [5.41, 5.74) is -0.901. The summed E-state index contributed by atoms with van der Waals surface area (Å²) in [7, 11) is 0. The van der Waals surface area contributed by atoms with Crippen molar-refractivity contribution in [2.45, 2.75) is 96.2 Å². The lowest BCUT2D eigenvalue weighted by Crippen LogP contribution is -2.23. The smallest absolute Gasteiger partial charge is 0.303 e. The fraction of sp³-hybridized carbons (Fsp3) is 0.810. The highest BCUT2D eigenvalue weighted by molar-refractivity contribution is 5.84. The van der Waals surface area contributed by atoms with Crippen LogP contribution in [0, 0.1) is 11.8 Å². The molecule has 5 heteroatoms. The molecule has 0 aliphatic heterocycles. The first-order chi connectivity index (χ1) is 12.3. The van der Waals surface area contributed by atoms with E-state index in [4.69, 9.17) is 5.11 Å². The van der Waals surface area contributed by atoms with Gasteiger partial charge in [-0.2, -0.15) is 0 Å². The zero-order chi connectivity index (χ0) is 19.6. The number of carboxylic acid groups (broad SMARTS) is 1. The molecular formula is C21H36O5. The highest BCUT2D eigenvalue weighted by Gasteiger charge is 2.39. The molecule has 1 aliphatic rings. The number of aliphatic carboxylic acids is 1. The Kier molecular flexibility index (Phi) is 10.1. The molecule has 0 amide bonds. The predicted molar refractivity (Wildman–Crippen MR) is 102 cm³/mol. The van der Waals surface area contributed by atoms with E-state index in [1.54, 1.807) is 13.0 Å². The molecule has 1 aliphatic carbocycles. The first-order valence-electron chi connectivity index (χ1n) is 10.1. The van der Waals surface area contributed by atoms with Crippen LogP contribution in [0.1, 0.15) is 84.5 Å². The van der Waals surface area contributed by atoms with Crippen LogP contribution in [-0.4, -0.2) is 38.8 Å². The van der Waals surface area contributed by atoms with Gasteiger partial charge in [0.1, 0.15) is 5.78 Å². The van der Waals surface area contributed by atoms with Crippen LogP contribution in [0.25, 0.3) is 0 Å². The maximum absolute atomic E-state index is 12.2. The monoisotopic (exact) mass is 368 g/mol. The van der Waals surface area contributed by atoms with Gasteiger partial charge in [-0.25, -0.2) is 0 Å². The minimum Gasteiger partial charge on any atom is -0.481 e. The SMILES string of the molecule is CCCCCC(C)(O)/C=C/[C@H]1[C@H](O)CC(=O)[C@@H]1CCCCCCC(=O)O. The summed E-state index contributed by atoms with van der Waals surface area (Å²) in [5, 5.41) is 29.3. The van der Waals surface area contributed by atoms with Gasteiger partial charge in [0.2, 0.25) is 0 Å².